The summed E-state index contributed by atoms with van der Waals surface area (Å²) < 4.78 is 11.3. The van der Waals surface area contributed by atoms with E-state index >= 15 is 0 Å². The van der Waals surface area contributed by atoms with Gasteiger partial charge in [0.05, 0.1) is 19.7 Å². The van der Waals surface area contributed by atoms with E-state index in [9.17, 15) is 14.4 Å². The van der Waals surface area contributed by atoms with E-state index in [2.05, 4.69) is 5.32 Å². The minimum Gasteiger partial charge on any atom is -0.493 e. The van der Waals surface area contributed by atoms with Gasteiger partial charge >= 0.3 is 6.03 Å². The molecule has 2 fully saturated rings. The highest BCUT2D eigenvalue weighted by molar-refractivity contribution is 6.02. The number of carbonyl (C=O) groups excluding carboxylic acids is 3. The van der Waals surface area contributed by atoms with E-state index in [0.29, 0.717) is 44.0 Å². The summed E-state index contributed by atoms with van der Waals surface area (Å²) >= 11 is 0. The lowest BCUT2D eigenvalue weighted by molar-refractivity contribution is -0.142. The quantitative estimate of drug-likeness (QED) is 0.656. The zero-order valence-corrected chi connectivity index (χ0v) is 17.4. The molecular weight excluding hydrogens is 398 g/mol. The molecule has 2 aromatic carbocycles. The molecule has 0 spiro atoms. The molecule has 4 rings (SSSR count). The number of nitrogens with one attached hydrogen (secondary N) is 1. The Hall–Kier alpha value is -3.55. The molecule has 162 valence electrons. The molecule has 8 nitrogen and oxygen atoms in total. The Bertz CT molecular complexity index is 956. The molecule has 2 aliphatic rings. The normalized spacial score (nSPS) is 16.2. The summed E-state index contributed by atoms with van der Waals surface area (Å²) in [5.41, 5.74) is 2.03. The van der Waals surface area contributed by atoms with Crippen LogP contribution < -0.4 is 14.8 Å². The minimum atomic E-state index is -0.372. The van der Waals surface area contributed by atoms with E-state index in [-0.39, 0.29) is 30.4 Å². The van der Waals surface area contributed by atoms with Crippen molar-refractivity contribution in [3.63, 3.8) is 0 Å². The van der Waals surface area contributed by atoms with Crippen molar-refractivity contribution in [1.29, 1.82) is 0 Å². The van der Waals surface area contributed by atoms with Gasteiger partial charge in [-0.15, -0.1) is 0 Å². The van der Waals surface area contributed by atoms with E-state index in [0.717, 1.165) is 11.1 Å². The summed E-state index contributed by atoms with van der Waals surface area (Å²) in [5.74, 6) is 1.05. The SMILES string of the molecule is COc1ccc(CCC(=O)N2CC(N3C(=O)CNC3=O)C2)cc1OCc1ccccc1. The molecule has 0 aromatic heterocycles. The zero-order chi connectivity index (χ0) is 21.8. The first-order valence-electron chi connectivity index (χ1n) is 10.3. The van der Waals surface area contributed by atoms with Crippen LogP contribution in [0.15, 0.2) is 48.5 Å². The topological polar surface area (TPSA) is 88.2 Å². The monoisotopic (exact) mass is 423 g/mol. The fourth-order valence-corrected chi connectivity index (χ4v) is 3.76. The third-order valence-corrected chi connectivity index (χ3v) is 5.55. The predicted molar refractivity (Wildman–Crippen MR) is 113 cm³/mol. The van der Waals surface area contributed by atoms with Crippen LogP contribution in [0, 0.1) is 0 Å². The van der Waals surface area contributed by atoms with Gasteiger partial charge < -0.3 is 19.7 Å². The molecule has 0 bridgehead atoms. The van der Waals surface area contributed by atoms with Gasteiger partial charge in [-0.3, -0.25) is 14.5 Å². The number of amides is 4. The van der Waals surface area contributed by atoms with Crippen molar-refractivity contribution in [2.24, 2.45) is 0 Å². The predicted octanol–water partition coefficient (Wildman–Crippen LogP) is 1.97. The fraction of sp³-hybridized carbons (Fsp3) is 0.348. The second-order valence-corrected chi connectivity index (χ2v) is 7.63. The number of rotatable bonds is 8. The van der Waals surface area contributed by atoms with Crippen molar-refractivity contribution in [3.8, 4) is 11.5 Å². The van der Waals surface area contributed by atoms with Crippen molar-refractivity contribution in [2.75, 3.05) is 26.7 Å². The van der Waals surface area contributed by atoms with Crippen molar-refractivity contribution in [3.05, 3.63) is 59.7 Å². The van der Waals surface area contributed by atoms with Gasteiger partial charge in [-0.25, -0.2) is 4.79 Å². The van der Waals surface area contributed by atoms with E-state index in [1.54, 1.807) is 12.0 Å². The summed E-state index contributed by atoms with van der Waals surface area (Å²) in [6, 6.07) is 14.9. The van der Waals surface area contributed by atoms with Gasteiger partial charge in [0.25, 0.3) is 0 Å². The highest BCUT2D eigenvalue weighted by Gasteiger charge is 2.42. The number of hydrogen-bond acceptors (Lipinski definition) is 5. The van der Waals surface area contributed by atoms with Gasteiger partial charge in [0.15, 0.2) is 11.5 Å². The molecule has 0 saturated carbocycles. The molecule has 8 heteroatoms. The zero-order valence-electron chi connectivity index (χ0n) is 17.4. The number of aryl methyl sites for hydroxylation is 1. The van der Waals surface area contributed by atoms with Crippen LogP contribution >= 0.6 is 0 Å². The fourth-order valence-electron chi connectivity index (χ4n) is 3.76. The second-order valence-electron chi connectivity index (χ2n) is 7.63. The molecule has 2 aliphatic heterocycles. The summed E-state index contributed by atoms with van der Waals surface area (Å²) in [6.07, 6.45) is 0.909. The number of benzene rings is 2. The summed E-state index contributed by atoms with van der Waals surface area (Å²) in [7, 11) is 1.60. The van der Waals surface area contributed by atoms with E-state index in [1.165, 1.54) is 4.90 Å². The van der Waals surface area contributed by atoms with Gasteiger partial charge in [-0.2, -0.15) is 0 Å². The van der Waals surface area contributed by atoms with Gasteiger partial charge in [0.2, 0.25) is 11.8 Å². The van der Waals surface area contributed by atoms with Gasteiger partial charge in [-0.05, 0) is 29.7 Å². The van der Waals surface area contributed by atoms with Gasteiger partial charge in [-0.1, -0.05) is 36.4 Å². The standard InChI is InChI=1S/C23H25N3O5/c1-30-19-9-7-16(11-20(19)31-15-17-5-3-2-4-6-17)8-10-21(27)25-13-18(14-25)26-22(28)12-24-23(26)29/h2-7,9,11,18H,8,10,12-15H2,1H3,(H,24,29). The lowest BCUT2D eigenvalue weighted by atomic mass is 10.0. The highest BCUT2D eigenvalue weighted by atomic mass is 16.5. The van der Waals surface area contributed by atoms with Crippen LogP contribution in [0.3, 0.4) is 0 Å². The van der Waals surface area contributed by atoms with Crippen molar-refractivity contribution in [2.45, 2.75) is 25.5 Å². The molecule has 31 heavy (non-hydrogen) atoms. The molecule has 1 N–H and O–H groups in total. The number of methoxy groups -OCH3 is 1. The molecule has 0 atom stereocenters. The Morgan fingerprint density at radius 3 is 2.52 bits per heavy atom. The number of carbonyl (C=O) groups is 3. The maximum atomic E-state index is 12.5. The maximum Gasteiger partial charge on any atom is 0.324 e. The number of imide groups is 1. The van der Waals surface area contributed by atoms with Crippen LogP contribution in [-0.4, -0.2) is 60.4 Å². The Morgan fingerprint density at radius 2 is 1.84 bits per heavy atom. The van der Waals surface area contributed by atoms with Crippen LogP contribution in [0.5, 0.6) is 11.5 Å². The van der Waals surface area contributed by atoms with Crippen LogP contribution in [-0.2, 0) is 22.6 Å². The minimum absolute atomic E-state index is 0.00544. The Morgan fingerprint density at radius 1 is 1.06 bits per heavy atom. The van der Waals surface area contributed by atoms with Gasteiger partial charge in [0.1, 0.15) is 6.61 Å². The number of nitrogens with zero attached hydrogens (tertiary/aromatic N) is 2. The van der Waals surface area contributed by atoms with Crippen molar-refractivity contribution < 1.29 is 23.9 Å². The van der Waals surface area contributed by atoms with Crippen molar-refractivity contribution in [1.82, 2.24) is 15.1 Å². The Balaban J connectivity index is 1.30. The number of hydrogen-bond donors (Lipinski definition) is 1. The third-order valence-electron chi connectivity index (χ3n) is 5.55. The van der Waals surface area contributed by atoms with Gasteiger partial charge in [0, 0.05) is 19.5 Å². The van der Waals surface area contributed by atoms with Crippen LogP contribution in [0.1, 0.15) is 17.5 Å². The summed E-state index contributed by atoms with van der Waals surface area (Å²) in [6.45, 7) is 1.26. The average molecular weight is 423 g/mol. The molecule has 0 unspecified atom stereocenters. The molecule has 2 heterocycles. The Kier molecular flexibility index (Phi) is 6.06. The summed E-state index contributed by atoms with van der Waals surface area (Å²) in [5, 5.41) is 2.51. The smallest absolute Gasteiger partial charge is 0.324 e. The molecule has 0 aliphatic carbocycles. The maximum absolute atomic E-state index is 12.5. The van der Waals surface area contributed by atoms with E-state index in [4.69, 9.17) is 9.47 Å². The largest absolute Gasteiger partial charge is 0.493 e. The van der Waals surface area contributed by atoms with E-state index < -0.39 is 0 Å². The van der Waals surface area contributed by atoms with Crippen LogP contribution in [0.25, 0.3) is 0 Å². The summed E-state index contributed by atoms with van der Waals surface area (Å²) in [4.78, 5) is 38.9. The lowest BCUT2D eigenvalue weighted by Gasteiger charge is -2.42. The third kappa shape index (κ3) is 4.63. The second kappa shape index (κ2) is 9.07. The number of likely N-dealkylation sites (tertiary alicyclic amines) is 1. The highest BCUT2D eigenvalue weighted by Crippen LogP contribution is 2.29. The van der Waals surface area contributed by atoms with Crippen molar-refractivity contribution >= 4 is 17.8 Å². The molecule has 2 saturated heterocycles. The van der Waals surface area contributed by atoms with E-state index in [1.807, 2.05) is 48.5 Å². The molecule has 0 radical (unpaired) electrons. The lowest BCUT2D eigenvalue weighted by Crippen LogP contribution is -2.62. The first-order valence-corrected chi connectivity index (χ1v) is 10.3. The molecule has 2 aromatic rings. The molecule has 4 amide bonds. The average Bonchev–Trinajstić information content (AvgIpc) is 3.08. The van der Waals surface area contributed by atoms with Crippen LogP contribution in [0.4, 0.5) is 4.79 Å². The number of ether oxygens (including phenoxy) is 2. The van der Waals surface area contributed by atoms with Crippen LogP contribution in [0.2, 0.25) is 0 Å². The number of urea groups is 1. The molecular formula is C23H25N3O5. The first-order chi connectivity index (χ1) is 15.0. The first kappa shape index (κ1) is 20.7. The Labute approximate surface area is 180 Å².